The molecule has 1 aliphatic heterocycles. The van der Waals surface area contributed by atoms with E-state index in [0.29, 0.717) is 49.3 Å². The first-order valence-electron chi connectivity index (χ1n) is 13.2. The molecule has 0 spiro atoms. The van der Waals surface area contributed by atoms with Gasteiger partial charge in [-0.15, -0.1) is 0 Å². The van der Waals surface area contributed by atoms with Gasteiger partial charge in [0.1, 0.15) is 23.8 Å². The standard InChI is InChI=1S/C30H23Cl3N4O4/c31-21-2-1-3-22(32)26(21)27-20(29(41-36-27)15-4-5-15)14-40-18-7-9-25(23(33)11-18)37-12-17(13-37)16-6-8-19-24(10-16)34-35-28(19)30(38)39/h1-3,6-11,15,17H,4-5,12-14H2,(H,34,35)(H,38,39). The Labute approximate surface area is 249 Å². The Morgan fingerprint density at radius 1 is 1.02 bits per heavy atom. The largest absolute Gasteiger partial charge is 0.489 e. The summed E-state index contributed by atoms with van der Waals surface area (Å²) in [5.41, 5.74) is 4.89. The number of carbonyl (C=O) groups is 1. The van der Waals surface area contributed by atoms with Crippen molar-refractivity contribution in [2.75, 3.05) is 18.0 Å². The molecule has 0 unspecified atom stereocenters. The Morgan fingerprint density at radius 2 is 1.80 bits per heavy atom. The van der Waals surface area contributed by atoms with E-state index in [1.165, 1.54) is 0 Å². The van der Waals surface area contributed by atoms with Crippen LogP contribution in [0.4, 0.5) is 5.69 Å². The topological polar surface area (TPSA) is 104 Å². The summed E-state index contributed by atoms with van der Waals surface area (Å²) < 4.78 is 11.9. The van der Waals surface area contributed by atoms with Crippen LogP contribution in [0.15, 0.2) is 59.1 Å². The second kappa shape index (κ2) is 10.3. The number of hydrogen-bond acceptors (Lipinski definition) is 6. The third kappa shape index (κ3) is 4.80. The summed E-state index contributed by atoms with van der Waals surface area (Å²) in [5, 5.41) is 22.6. The van der Waals surface area contributed by atoms with E-state index in [0.717, 1.165) is 54.0 Å². The molecule has 0 radical (unpaired) electrons. The van der Waals surface area contributed by atoms with E-state index in [4.69, 9.17) is 44.1 Å². The number of aromatic carboxylic acids is 1. The average molecular weight is 610 g/mol. The van der Waals surface area contributed by atoms with Gasteiger partial charge in [0.15, 0.2) is 5.69 Å². The molecule has 5 aromatic rings. The van der Waals surface area contributed by atoms with Crippen LogP contribution in [0.5, 0.6) is 5.75 Å². The number of carboxylic acids is 1. The zero-order valence-corrected chi connectivity index (χ0v) is 23.8. The molecular formula is C30H23Cl3N4O4. The molecule has 0 bridgehead atoms. The highest BCUT2D eigenvalue weighted by Crippen LogP contribution is 2.46. The molecule has 3 heterocycles. The highest BCUT2D eigenvalue weighted by molar-refractivity contribution is 6.39. The first kappa shape index (κ1) is 26.2. The van der Waals surface area contributed by atoms with E-state index in [1.54, 1.807) is 18.2 Å². The van der Waals surface area contributed by atoms with Crippen molar-refractivity contribution in [1.29, 1.82) is 0 Å². The molecule has 208 valence electrons. The van der Waals surface area contributed by atoms with Crippen molar-refractivity contribution in [1.82, 2.24) is 15.4 Å². The van der Waals surface area contributed by atoms with E-state index in [-0.39, 0.29) is 12.3 Å². The predicted molar refractivity (Wildman–Crippen MR) is 158 cm³/mol. The maximum Gasteiger partial charge on any atom is 0.357 e. The van der Waals surface area contributed by atoms with E-state index in [2.05, 4.69) is 20.3 Å². The lowest BCUT2D eigenvalue weighted by atomic mass is 9.90. The maximum absolute atomic E-state index is 11.3. The van der Waals surface area contributed by atoms with Crippen molar-refractivity contribution in [2.24, 2.45) is 0 Å². The molecule has 11 heteroatoms. The lowest BCUT2D eigenvalue weighted by molar-refractivity contribution is 0.0692. The van der Waals surface area contributed by atoms with Gasteiger partial charge < -0.3 is 19.3 Å². The number of benzene rings is 3. The summed E-state index contributed by atoms with van der Waals surface area (Å²) in [6.07, 6.45) is 2.10. The van der Waals surface area contributed by atoms with Gasteiger partial charge in [0.05, 0.1) is 31.8 Å². The van der Waals surface area contributed by atoms with Crippen LogP contribution in [-0.2, 0) is 6.61 Å². The molecule has 7 rings (SSSR count). The lowest BCUT2D eigenvalue weighted by Gasteiger charge is -2.41. The number of fused-ring (bicyclic) bond motifs is 1. The SMILES string of the molecule is O=C(O)c1n[nH]c2cc(C3CN(c4ccc(OCc5c(-c6c(Cl)cccc6Cl)noc5C5CC5)cc4Cl)C3)ccc12. The van der Waals surface area contributed by atoms with E-state index in [1.807, 2.05) is 36.4 Å². The minimum atomic E-state index is -1.05. The highest BCUT2D eigenvalue weighted by atomic mass is 35.5. The maximum atomic E-state index is 11.3. The van der Waals surface area contributed by atoms with Gasteiger partial charge in [0.2, 0.25) is 0 Å². The Morgan fingerprint density at radius 3 is 2.51 bits per heavy atom. The minimum absolute atomic E-state index is 0.0348. The molecule has 3 aromatic carbocycles. The number of ether oxygens (including phenoxy) is 1. The molecular weight excluding hydrogens is 587 g/mol. The molecule has 2 fully saturated rings. The Balaban J connectivity index is 1.05. The number of nitrogens with one attached hydrogen (secondary N) is 1. The summed E-state index contributed by atoms with van der Waals surface area (Å²) in [6.45, 7) is 1.82. The fraction of sp³-hybridized carbons (Fsp3) is 0.233. The zero-order chi connectivity index (χ0) is 28.2. The number of carboxylic acid groups (broad SMARTS) is 1. The molecule has 2 aliphatic rings. The van der Waals surface area contributed by atoms with Crippen LogP contribution in [0.1, 0.15) is 52.1 Å². The monoisotopic (exact) mass is 608 g/mol. The van der Waals surface area contributed by atoms with Crippen molar-refractivity contribution in [3.05, 3.63) is 92.2 Å². The first-order chi connectivity index (χ1) is 19.9. The van der Waals surface area contributed by atoms with Crippen molar-refractivity contribution in [2.45, 2.75) is 31.3 Å². The van der Waals surface area contributed by atoms with Crippen LogP contribution in [0.3, 0.4) is 0 Å². The molecule has 1 saturated heterocycles. The van der Waals surface area contributed by atoms with Crippen LogP contribution >= 0.6 is 34.8 Å². The van der Waals surface area contributed by atoms with Crippen LogP contribution < -0.4 is 9.64 Å². The minimum Gasteiger partial charge on any atom is -0.489 e. The fourth-order valence-corrected chi connectivity index (χ4v) is 6.24. The Kier molecular flexibility index (Phi) is 6.57. The molecule has 8 nitrogen and oxygen atoms in total. The normalized spacial score (nSPS) is 15.3. The summed E-state index contributed by atoms with van der Waals surface area (Å²) in [6, 6.07) is 16.8. The van der Waals surface area contributed by atoms with Crippen molar-refractivity contribution in [3.63, 3.8) is 0 Å². The van der Waals surface area contributed by atoms with Crippen molar-refractivity contribution >= 4 is 57.4 Å². The van der Waals surface area contributed by atoms with E-state index in [9.17, 15) is 9.90 Å². The van der Waals surface area contributed by atoms with Crippen LogP contribution in [0, 0.1) is 0 Å². The number of aromatic amines is 1. The third-order valence-electron chi connectivity index (χ3n) is 7.75. The second-order valence-electron chi connectivity index (χ2n) is 10.4. The lowest BCUT2D eigenvalue weighted by Crippen LogP contribution is -2.45. The average Bonchev–Trinajstić information content (AvgIpc) is 3.54. The zero-order valence-electron chi connectivity index (χ0n) is 21.5. The van der Waals surface area contributed by atoms with Crippen LogP contribution in [-0.4, -0.2) is 39.5 Å². The number of anilines is 1. The number of aromatic nitrogens is 3. The first-order valence-corrected chi connectivity index (χ1v) is 14.3. The summed E-state index contributed by atoms with van der Waals surface area (Å²) in [7, 11) is 0. The van der Waals surface area contributed by atoms with Crippen LogP contribution in [0.25, 0.3) is 22.2 Å². The number of hydrogen-bond donors (Lipinski definition) is 2. The summed E-state index contributed by atoms with van der Waals surface area (Å²) in [5.74, 6) is 1.03. The van der Waals surface area contributed by atoms with Gasteiger partial charge in [-0.2, -0.15) is 5.10 Å². The second-order valence-corrected chi connectivity index (χ2v) is 11.7. The number of halogens is 3. The third-order valence-corrected chi connectivity index (χ3v) is 8.68. The molecule has 41 heavy (non-hydrogen) atoms. The van der Waals surface area contributed by atoms with Gasteiger partial charge in [-0.05, 0) is 48.7 Å². The molecule has 1 saturated carbocycles. The van der Waals surface area contributed by atoms with Gasteiger partial charge in [-0.25, -0.2) is 4.79 Å². The number of rotatable bonds is 8. The smallest absolute Gasteiger partial charge is 0.357 e. The Bertz CT molecular complexity index is 1790. The van der Waals surface area contributed by atoms with E-state index >= 15 is 0 Å². The summed E-state index contributed by atoms with van der Waals surface area (Å²) >= 11 is 19.7. The predicted octanol–water partition coefficient (Wildman–Crippen LogP) is 7.94. The Hall–Kier alpha value is -3.72. The van der Waals surface area contributed by atoms with E-state index < -0.39 is 5.97 Å². The highest BCUT2D eigenvalue weighted by Gasteiger charge is 2.34. The van der Waals surface area contributed by atoms with Crippen molar-refractivity contribution in [3.8, 4) is 17.0 Å². The van der Waals surface area contributed by atoms with Gasteiger partial charge in [0.25, 0.3) is 0 Å². The van der Waals surface area contributed by atoms with Crippen LogP contribution in [0.2, 0.25) is 15.1 Å². The van der Waals surface area contributed by atoms with Gasteiger partial charge in [-0.3, -0.25) is 5.10 Å². The molecule has 0 amide bonds. The van der Waals surface area contributed by atoms with Gasteiger partial charge >= 0.3 is 5.97 Å². The molecule has 2 N–H and O–H groups in total. The number of nitrogens with zero attached hydrogens (tertiary/aromatic N) is 3. The molecule has 1 aliphatic carbocycles. The van der Waals surface area contributed by atoms with Crippen molar-refractivity contribution < 1.29 is 19.2 Å². The number of H-pyrrole nitrogens is 1. The summed E-state index contributed by atoms with van der Waals surface area (Å²) in [4.78, 5) is 13.5. The molecule has 2 aromatic heterocycles. The van der Waals surface area contributed by atoms with Gasteiger partial charge in [0, 0.05) is 41.9 Å². The fourth-order valence-electron chi connectivity index (χ4n) is 5.38. The molecule has 0 atom stereocenters. The quantitative estimate of drug-likeness (QED) is 0.184. The van der Waals surface area contributed by atoms with Gasteiger partial charge in [-0.1, -0.05) is 58.2 Å².